The summed E-state index contributed by atoms with van der Waals surface area (Å²) in [5.74, 6) is 6.54. The summed E-state index contributed by atoms with van der Waals surface area (Å²) in [6.45, 7) is 11.8. The predicted molar refractivity (Wildman–Crippen MR) is 247 cm³/mol. The maximum Gasteiger partial charge on any atom is 0.134 e. The number of fused-ring (bicyclic) bond motifs is 4. The van der Waals surface area contributed by atoms with Gasteiger partial charge in [-0.3, -0.25) is 0 Å². The van der Waals surface area contributed by atoms with Crippen LogP contribution in [-0.4, -0.2) is 26.4 Å². The minimum absolute atomic E-state index is 0.0630. The average Bonchev–Trinajstić information content (AvgIpc) is 3.26. The normalized spacial score (nSPS) is 13.1. The van der Waals surface area contributed by atoms with Gasteiger partial charge < -0.3 is 28.4 Å². The van der Waals surface area contributed by atoms with Crippen molar-refractivity contribution in [3.05, 3.63) is 95.1 Å². The molecule has 0 aromatic heterocycles. The largest absolute Gasteiger partial charge is 0.493 e. The Morgan fingerprint density at radius 1 is 0.317 bits per heavy atom. The van der Waals surface area contributed by atoms with Gasteiger partial charge in [0.15, 0.2) is 0 Å². The van der Waals surface area contributed by atoms with Gasteiger partial charge in [-0.25, -0.2) is 0 Å². The Labute approximate surface area is 362 Å². The first-order valence-corrected chi connectivity index (χ1v) is 24.1. The summed E-state index contributed by atoms with van der Waals surface area (Å²) in [6.07, 6.45) is 24.0. The molecule has 4 aromatic carbocycles. The second-order valence-corrected chi connectivity index (χ2v) is 17.0. The summed E-state index contributed by atoms with van der Waals surface area (Å²) in [5.41, 5.74) is 4.52. The highest BCUT2D eigenvalue weighted by molar-refractivity contribution is 5.65. The van der Waals surface area contributed by atoms with Crippen LogP contribution in [0, 0.1) is 0 Å². The van der Waals surface area contributed by atoms with E-state index in [4.69, 9.17) is 28.4 Å². The highest BCUT2D eigenvalue weighted by Crippen LogP contribution is 2.58. The minimum atomic E-state index is -0.0630. The molecule has 0 atom stereocenters. The molecule has 0 unspecified atom stereocenters. The molecule has 0 saturated heterocycles. The van der Waals surface area contributed by atoms with Crippen molar-refractivity contribution >= 4 is 0 Å². The van der Waals surface area contributed by atoms with E-state index in [1.54, 1.807) is 0 Å². The van der Waals surface area contributed by atoms with Crippen molar-refractivity contribution in [2.75, 3.05) is 26.4 Å². The van der Waals surface area contributed by atoms with Crippen LogP contribution in [0.5, 0.6) is 46.0 Å². The quantitative estimate of drug-likeness (QED) is 0.0509. The Morgan fingerprint density at radius 2 is 0.550 bits per heavy atom. The molecule has 6 nitrogen and oxygen atoms in total. The Bertz CT molecular complexity index is 1600. The molecule has 4 aromatic rings. The molecule has 0 spiro atoms. The van der Waals surface area contributed by atoms with Crippen molar-refractivity contribution < 1.29 is 28.4 Å². The molecule has 0 amide bonds. The molecule has 2 heterocycles. The number of ether oxygens (including phenoxy) is 6. The molecule has 0 bridgehead atoms. The van der Waals surface area contributed by atoms with Crippen LogP contribution in [0.1, 0.15) is 190 Å². The maximum absolute atomic E-state index is 6.84. The Hall–Kier alpha value is -4.32. The first-order valence-electron chi connectivity index (χ1n) is 24.1. The highest BCUT2D eigenvalue weighted by atomic mass is 16.5. The van der Waals surface area contributed by atoms with E-state index in [-0.39, 0.29) is 11.8 Å². The van der Waals surface area contributed by atoms with Crippen molar-refractivity contribution in [1.82, 2.24) is 0 Å². The van der Waals surface area contributed by atoms with Crippen molar-refractivity contribution in [3.63, 3.8) is 0 Å². The molecular weight excluding hydrogens is 745 g/mol. The standard InChI is InChI=1S/C54H74O6/c1-5-9-13-17-21-33-55-41-25-29-45-49(37-41)59-50-38-42(56-34-22-18-14-10-6-2)26-30-46(50)53(45)54-47-31-27-43(57-35-23-19-15-11-7-3)39-51(47)60-52-40-44(28-32-48(52)54)58-36-24-20-16-12-8-4/h25-32,37-40,53-54H,5-24,33-36H2,1-4H3. The third-order valence-electron chi connectivity index (χ3n) is 12.1. The molecular formula is C54H74O6. The summed E-state index contributed by atoms with van der Waals surface area (Å²) in [5, 5.41) is 0. The lowest BCUT2D eigenvalue weighted by molar-refractivity contribution is 0.298. The van der Waals surface area contributed by atoms with E-state index in [9.17, 15) is 0 Å². The van der Waals surface area contributed by atoms with Crippen LogP contribution in [0.4, 0.5) is 0 Å². The summed E-state index contributed by atoms with van der Waals surface area (Å²) in [6, 6.07) is 25.7. The fraction of sp³-hybridized carbons (Fsp3) is 0.556. The molecule has 0 fully saturated rings. The van der Waals surface area contributed by atoms with E-state index >= 15 is 0 Å². The zero-order chi connectivity index (χ0) is 41.8. The lowest BCUT2D eigenvalue weighted by Crippen LogP contribution is -2.22. The average molecular weight is 819 g/mol. The Kier molecular flexibility index (Phi) is 18.7. The van der Waals surface area contributed by atoms with Gasteiger partial charge >= 0.3 is 0 Å². The zero-order valence-corrected chi connectivity index (χ0v) is 37.5. The third kappa shape index (κ3) is 12.8. The summed E-state index contributed by atoms with van der Waals surface area (Å²) in [7, 11) is 0. The fourth-order valence-electron chi connectivity index (χ4n) is 8.67. The van der Waals surface area contributed by atoms with E-state index < -0.39 is 0 Å². The highest BCUT2D eigenvalue weighted by Gasteiger charge is 2.40. The lowest BCUT2D eigenvalue weighted by Gasteiger charge is -2.38. The van der Waals surface area contributed by atoms with E-state index in [0.717, 1.165) is 93.9 Å². The molecule has 2 aliphatic rings. The number of rotatable bonds is 29. The monoisotopic (exact) mass is 819 g/mol. The molecule has 326 valence electrons. The van der Waals surface area contributed by atoms with Crippen LogP contribution in [0.3, 0.4) is 0 Å². The van der Waals surface area contributed by atoms with Gasteiger partial charge in [0.2, 0.25) is 0 Å². The second-order valence-electron chi connectivity index (χ2n) is 17.0. The van der Waals surface area contributed by atoms with Gasteiger partial charge in [0.1, 0.15) is 46.0 Å². The fourth-order valence-corrected chi connectivity index (χ4v) is 8.67. The van der Waals surface area contributed by atoms with Crippen molar-refractivity contribution in [1.29, 1.82) is 0 Å². The zero-order valence-electron chi connectivity index (χ0n) is 37.5. The van der Waals surface area contributed by atoms with Gasteiger partial charge in [0.05, 0.1) is 26.4 Å². The van der Waals surface area contributed by atoms with Crippen LogP contribution in [0.25, 0.3) is 0 Å². The number of benzene rings is 4. The van der Waals surface area contributed by atoms with Crippen molar-refractivity contribution in [3.8, 4) is 46.0 Å². The van der Waals surface area contributed by atoms with Crippen LogP contribution in [-0.2, 0) is 0 Å². The van der Waals surface area contributed by atoms with Gasteiger partial charge in [-0.05, 0) is 49.9 Å². The van der Waals surface area contributed by atoms with Crippen molar-refractivity contribution in [2.45, 2.75) is 168 Å². The molecule has 0 aliphatic carbocycles. The van der Waals surface area contributed by atoms with Crippen LogP contribution in [0.2, 0.25) is 0 Å². The third-order valence-corrected chi connectivity index (χ3v) is 12.1. The predicted octanol–water partition coefficient (Wildman–Crippen LogP) is 16.3. The molecule has 60 heavy (non-hydrogen) atoms. The SMILES string of the molecule is CCCCCCCOc1ccc2c(c1)Oc1cc(OCCCCCCC)ccc1C2C1c2ccc(OCCCCCCC)cc2Oc2cc(OCCCCCCC)ccc21. The molecule has 2 aliphatic heterocycles. The molecule has 0 saturated carbocycles. The van der Waals surface area contributed by atoms with Gasteiger partial charge in [-0.2, -0.15) is 0 Å². The van der Waals surface area contributed by atoms with Gasteiger partial charge in [0.25, 0.3) is 0 Å². The number of hydrogen-bond donors (Lipinski definition) is 0. The Balaban J connectivity index is 1.33. The van der Waals surface area contributed by atoms with Crippen LogP contribution < -0.4 is 28.4 Å². The van der Waals surface area contributed by atoms with Crippen LogP contribution >= 0.6 is 0 Å². The minimum Gasteiger partial charge on any atom is -0.493 e. The van der Waals surface area contributed by atoms with E-state index in [0.29, 0.717) is 26.4 Å². The lowest BCUT2D eigenvalue weighted by atomic mass is 9.71. The summed E-state index contributed by atoms with van der Waals surface area (Å²) in [4.78, 5) is 0. The molecule has 6 rings (SSSR count). The number of hydrogen-bond acceptors (Lipinski definition) is 6. The van der Waals surface area contributed by atoms with Gasteiger partial charge in [-0.15, -0.1) is 0 Å². The van der Waals surface area contributed by atoms with E-state index in [1.165, 1.54) is 103 Å². The first kappa shape index (κ1) is 45.2. The smallest absolute Gasteiger partial charge is 0.134 e. The maximum atomic E-state index is 6.84. The topological polar surface area (TPSA) is 55.4 Å². The van der Waals surface area contributed by atoms with E-state index in [1.807, 2.05) is 0 Å². The molecule has 6 heteroatoms. The molecule has 0 radical (unpaired) electrons. The second kappa shape index (κ2) is 24.8. The van der Waals surface area contributed by atoms with Gasteiger partial charge in [0, 0.05) is 58.4 Å². The first-order chi connectivity index (χ1) is 29.6. The molecule has 0 N–H and O–H groups in total. The Morgan fingerprint density at radius 3 is 0.783 bits per heavy atom. The van der Waals surface area contributed by atoms with Crippen LogP contribution in [0.15, 0.2) is 72.8 Å². The van der Waals surface area contributed by atoms with E-state index in [2.05, 4.69) is 100 Å². The van der Waals surface area contributed by atoms with Gasteiger partial charge in [-0.1, -0.05) is 155 Å². The summed E-state index contributed by atoms with van der Waals surface area (Å²) < 4.78 is 39.1. The van der Waals surface area contributed by atoms with Crippen molar-refractivity contribution in [2.24, 2.45) is 0 Å². The number of unbranched alkanes of at least 4 members (excludes halogenated alkanes) is 16. The summed E-state index contributed by atoms with van der Waals surface area (Å²) >= 11 is 0.